The molecule has 0 amide bonds. The zero-order valence-electron chi connectivity index (χ0n) is 16.9. The van der Waals surface area contributed by atoms with Crippen molar-refractivity contribution in [1.29, 1.82) is 0 Å². The molecule has 0 saturated carbocycles. The van der Waals surface area contributed by atoms with Crippen molar-refractivity contribution < 1.29 is 19.0 Å². The van der Waals surface area contributed by atoms with Crippen molar-refractivity contribution in [2.75, 3.05) is 45.0 Å². The number of fused-ring (bicyclic) bond motifs is 2. The van der Waals surface area contributed by atoms with Crippen molar-refractivity contribution in [3.63, 3.8) is 0 Å². The van der Waals surface area contributed by atoms with Crippen LogP contribution < -0.4 is 14.4 Å². The van der Waals surface area contributed by atoms with Gasteiger partial charge in [-0.2, -0.15) is 0 Å². The molecule has 0 aliphatic carbocycles. The summed E-state index contributed by atoms with van der Waals surface area (Å²) in [6, 6.07) is 6.13. The van der Waals surface area contributed by atoms with Gasteiger partial charge in [0.15, 0.2) is 11.5 Å². The van der Waals surface area contributed by atoms with Crippen LogP contribution in [0.4, 0.5) is 5.82 Å². The summed E-state index contributed by atoms with van der Waals surface area (Å²) in [5, 5.41) is 0.951. The zero-order chi connectivity index (χ0) is 20.7. The minimum absolute atomic E-state index is 0.296. The molecule has 0 unspecified atom stereocenters. The number of carbonyl (C=O) groups excluding carboxylic acids is 1. The van der Waals surface area contributed by atoms with Gasteiger partial charge in [-0.25, -0.2) is 14.8 Å². The Bertz CT molecular complexity index is 1110. The van der Waals surface area contributed by atoms with E-state index in [4.69, 9.17) is 14.2 Å². The number of anilines is 1. The van der Waals surface area contributed by atoms with E-state index in [1.165, 1.54) is 24.0 Å². The molecule has 0 atom stereocenters. The quantitative estimate of drug-likeness (QED) is 0.590. The molecule has 30 heavy (non-hydrogen) atoms. The predicted octanol–water partition coefficient (Wildman–Crippen LogP) is 2.84. The van der Waals surface area contributed by atoms with Crippen LogP contribution in [0.3, 0.4) is 0 Å². The number of piperazine rings is 1. The second-order valence-corrected chi connectivity index (χ2v) is 8.38. The Hall–Kier alpha value is -2.91. The van der Waals surface area contributed by atoms with Crippen LogP contribution in [-0.2, 0) is 11.3 Å². The van der Waals surface area contributed by atoms with E-state index in [2.05, 4.69) is 31.9 Å². The summed E-state index contributed by atoms with van der Waals surface area (Å²) in [4.78, 5) is 27.1. The van der Waals surface area contributed by atoms with E-state index in [0.29, 0.717) is 11.7 Å². The number of rotatable bonds is 4. The minimum Gasteiger partial charge on any atom is -0.465 e. The number of thiophene rings is 1. The number of ether oxygens (including phenoxy) is 3. The highest BCUT2D eigenvalue weighted by Crippen LogP contribution is 2.36. The van der Waals surface area contributed by atoms with Crippen LogP contribution in [0.1, 0.15) is 20.8 Å². The normalized spacial score (nSPS) is 16.3. The molecule has 8 nitrogen and oxygen atoms in total. The molecule has 1 saturated heterocycles. The van der Waals surface area contributed by atoms with Crippen LogP contribution in [0, 0.1) is 6.92 Å². The molecule has 2 aliphatic rings. The third-order valence-corrected chi connectivity index (χ3v) is 6.77. The lowest BCUT2D eigenvalue weighted by atomic mass is 10.1. The van der Waals surface area contributed by atoms with Crippen LogP contribution in [0.5, 0.6) is 11.5 Å². The SMILES string of the molecule is COC(=O)c1sc2ncnc(N3CCN(Cc4ccc5c(c4)OCO5)CC3)c2c1C. The van der Waals surface area contributed by atoms with Crippen molar-refractivity contribution in [2.24, 2.45) is 0 Å². The Kier molecular flexibility index (Phi) is 4.92. The smallest absolute Gasteiger partial charge is 0.348 e. The van der Waals surface area contributed by atoms with E-state index >= 15 is 0 Å². The van der Waals surface area contributed by atoms with E-state index in [1.807, 2.05) is 13.0 Å². The minimum atomic E-state index is -0.324. The summed E-state index contributed by atoms with van der Waals surface area (Å²) in [6.45, 7) is 6.67. The van der Waals surface area contributed by atoms with Gasteiger partial charge in [0.1, 0.15) is 21.9 Å². The Balaban J connectivity index is 1.31. The molecule has 0 radical (unpaired) electrons. The first-order chi connectivity index (χ1) is 14.6. The first-order valence-corrected chi connectivity index (χ1v) is 10.6. The van der Waals surface area contributed by atoms with Crippen molar-refractivity contribution in [2.45, 2.75) is 13.5 Å². The molecule has 1 aromatic carbocycles. The van der Waals surface area contributed by atoms with Gasteiger partial charge in [0.2, 0.25) is 6.79 Å². The van der Waals surface area contributed by atoms with Gasteiger partial charge in [0.05, 0.1) is 12.5 Å². The van der Waals surface area contributed by atoms with Crippen LogP contribution in [0.25, 0.3) is 10.2 Å². The molecule has 9 heteroatoms. The number of esters is 1. The topological polar surface area (TPSA) is 77.0 Å². The molecular weight excluding hydrogens is 404 g/mol. The Morgan fingerprint density at radius 1 is 1.17 bits per heavy atom. The first kappa shape index (κ1) is 19.1. The summed E-state index contributed by atoms with van der Waals surface area (Å²) in [5.41, 5.74) is 2.11. The second-order valence-electron chi connectivity index (χ2n) is 7.38. The summed E-state index contributed by atoms with van der Waals surface area (Å²) < 4.78 is 15.8. The van der Waals surface area contributed by atoms with E-state index in [0.717, 1.165) is 65.8 Å². The molecular formula is C21H22N4O4S. The van der Waals surface area contributed by atoms with Crippen molar-refractivity contribution in [3.8, 4) is 11.5 Å². The fourth-order valence-electron chi connectivity index (χ4n) is 4.00. The lowest BCUT2D eigenvalue weighted by Crippen LogP contribution is -2.46. The molecule has 2 aromatic heterocycles. The molecule has 1 fully saturated rings. The molecule has 5 rings (SSSR count). The Morgan fingerprint density at radius 3 is 2.77 bits per heavy atom. The molecule has 2 aliphatic heterocycles. The molecule has 0 bridgehead atoms. The van der Waals surface area contributed by atoms with Crippen molar-refractivity contribution in [3.05, 3.63) is 40.5 Å². The van der Waals surface area contributed by atoms with Crippen LogP contribution in [-0.4, -0.2) is 60.9 Å². The van der Waals surface area contributed by atoms with Gasteiger partial charge in [0, 0.05) is 32.7 Å². The Morgan fingerprint density at radius 2 is 1.97 bits per heavy atom. The van der Waals surface area contributed by atoms with Gasteiger partial charge >= 0.3 is 5.97 Å². The molecule has 0 N–H and O–H groups in total. The highest BCUT2D eigenvalue weighted by atomic mass is 32.1. The maximum absolute atomic E-state index is 12.1. The highest BCUT2D eigenvalue weighted by Gasteiger charge is 2.25. The van der Waals surface area contributed by atoms with Gasteiger partial charge in [-0.1, -0.05) is 6.07 Å². The number of carbonyl (C=O) groups is 1. The van der Waals surface area contributed by atoms with Crippen LogP contribution in [0.2, 0.25) is 0 Å². The van der Waals surface area contributed by atoms with E-state index in [-0.39, 0.29) is 5.97 Å². The lowest BCUT2D eigenvalue weighted by Gasteiger charge is -2.35. The van der Waals surface area contributed by atoms with Crippen molar-refractivity contribution in [1.82, 2.24) is 14.9 Å². The maximum Gasteiger partial charge on any atom is 0.348 e. The van der Waals surface area contributed by atoms with Gasteiger partial charge in [-0.15, -0.1) is 11.3 Å². The van der Waals surface area contributed by atoms with Gasteiger partial charge in [-0.3, -0.25) is 4.90 Å². The molecule has 0 spiro atoms. The van der Waals surface area contributed by atoms with Gasteiger partial charge in [-0.05, 0) is 30.2 Å². The fraction of sp³-hybridized carbons (Fsp3) is 0.381. The van der Waals surface area contributed by atoms with Crippen LogP contribution in [0.15, 0.2) is 24.5 Å². The zero-order valence-corrected chi connectivity index (χ0v) is 17.7. The third-order valence-electron chi connectivity index (χ3n) is 5.59. The standard InChI is InChI=1S/C21H22N4O4S/c1-13-17-19(22-11-23-20(17)30-18(13)21(26)27-2)25-7-5-24(6-8-25)10-14-3-4-15-16(9-14)29-12-28-15/h3-4,9,11H,5-8,10,12H2,1-2H3. The average Bonchev–Trinajstić information content (AvgIpc) is 3.38. The number of hydrogen-bond donors (Lipinski definition) is 0. The number of aryl methyl sites for hydroxylation is 1. The molecule has 4 heterocycles. The molecule has 3 aromatic rings. The second kappa shape index (κ2) is 7.73. The van der Waals surface area contributed by atoms with Crippen molar-refractivity contribution >= 4 is 33.3 Å². The third kappa shape index (κ3) is 3.33. The van der Waals surface area contributed by atoms with Gasteiger partial charge in [0.25, 0.3) is 0 Å². The lowest BCUT2D eigenvalue weighted by molar-refractivity contribution is 0.0605. The fourth-order valence-corrected chi connectivity index (χ4v) is 5.06. The average molecular weight is 426 g/mol. The summed E-state index contributed by atoms with van der Waals surface area (Å²) in [7, 11) is 1.40. The number of benzene rings is 1. The maximum atomic E-state index is 12.1. The summed E-state index contributed by atoms with van der Waals surface area (Å²) >= 11 is 1.36. The van der Waals surface area contributed by atoms with Crippen LogP contribution >= 0.6 is 11.3 Å². The number of hydrogen-bond acceptors (Lipinski definition) is 9. The summed E-state index contributed by atoms with van der Waals surface area (Å²) in [5.74, 6) is 2.21. The first-order valence-electron chi connectivity index (χ1n) is 9.82. The van der Waals surface area contributed by atoms with Gasteiger partial charge < -0.3 is 19.1 Å². The highest BCUT2D eigenvalue weighted by molar-refractivity contribution is 7.20. The van der Waals surface area contributed by atoms with E-state index < -0.39 is 0 Å². The number of aromatic nitrogens is 2. The monoisotopic (exact) mass is 426 g/mol. The predicted molar refractivity (Wildman–Crippen MR) is 114 cm³/mol. The largest absolute Gasteiger partial charge is 0.465 e. The van der Waals surface area contributed by atoms with E-state index in [9.17, 15) is 4.79 Å². The number of nitrogens with zero attached hydrogens (tertiary/aromatic N) is 4. The Labute approximate surface area is 178 Å². The summed E-state index contributed by atoms with van der Waals surface area (Å²) in [6.07, 6.45) is 1.58. The van der Waals surface area contributed by atoms with E-state index in [1.54, 1.807) is 6.33 Å². The molecule has 156 valence electrons. The number of methoxy groups -OCH3 is 1.